The van der Waals surface area contributed by atoms with Crippen molar-refractivity contribution in [2.75, 3.05) is 13.7 Å². The number of hydrogen-bond donors (Lipinski definition) is 0. The summed E-state index contributed by atoms with van der Waals surface area (Å²) >= 11 is 0. The van der Waals surface area contributed by atoms with E-state index in [1.807, 2.05) is 38.2 Å². The molecule has 0 radical (unpaired) electrons. The van der Waals surface area contributed by atoms with E-state index < -0.39 is 0 Å². The fourth-order valence-corrected chi connectivity index (χ4v) is 2.41. The molecule has 1 unspecified atom stereocenters. The van der Waals surface area contributed by atoms with E-state index in [4.69, 9.17) is 14.0 Å². The van der Waals surface area contributed by atoms with Crippen LogP contribution >= 0.6 is 0 Å². The van der Waals surface area contributed by atoms with Crippen molar-refractivity contribution in [3.05, 3.63) is 47.3 Å². The van der Waals surface area contributed by atoms with Gasteiger partial charge in [-0.05, 0) is 38.6 Å². The van der Waals surface area contributed by atoms with E-state index in [0.717, 1.165) is 29.1 Å². The van der Waals surface area contributed by atoms with Gasteiger partial charge in [-0.1, -0.05) is 11.2 Å². The van der Waals surface area contributed by atoms with Crippen molar-refractivity contribution >= 4 is 5.97 Å². The Labute approximate surface area is 142 Å². The highest BCUT2D eigenvalue weighted by atomic mass is 16.5. The summed E-state index contributed by atoms with van der Waals surface area (Å²) in [7, 11) is 2.03. The number of hydrogen-bond acceptors (Lipinski definition) is 6. The number of nitrogens with zero attached hydrogens (tertiary/aromatic N) is 2. The Kier molecular flexibility index (Phi) is 6.37. The standard InChI is InChI=1S/C18H24N2O4/c1-5-22-18-7-6-15(10-16(18)12-23-14(3)21)11-20(4)13(2)17-8-9-24-19-17/h6-10,13H,5,11-12H2,1-4H3. The highest BCUT2D eigenvalue weighted by Crippen LogP contribution is 2.24. The molecule has 130 valence electrons. The average molecular weight is 332 g/mol. The Hall–Kier alpha value is -2.34. The lowest BCUT2D eigenvalue weighted by molar-refractivity contribution is -0.142. The number of carbonyl (C=O) groups excluding carboxylic acids is 1. The second kappa shape index (κ2) is 8.49. The molecule has 6 heteroatoms. The molecule has 1 aromatic carbocycles. The molecule has 1 heterocycles. The number of carbonyl (C=O) groups is 1. The van der Waals surface area contributed by atoms with Gasteiger partial charge in [-0.25, -0.2) is 0 Å². The van der Waals surface area contributed by atoms with Crippen LogP contribution in [0.15, 0.2) is 35.1 Å². The SMILES string of the molecule is CCOc1ccc(CN(C)C(C)c2ccon2)cc1COC(C)=O. The Morgan fingerprint density at radius 3 is 2.79 bits per heavy atom. The molecule has 0 N–H and O–H groups in total. The molecule has 6 nitrogen and oxygen atoms in total. The molecule has 0 spiro atoms. The summed E-state index contributed by atoms with van der Waals surface area (Å²) < 4.78 is 15.6. The molecule has 0 bridgehead atoms. The molecule has 0 aliphatic rings. The minimum absolute atomic E-state index is 0.132. The van der Waals surface area contributed by atoms with Crippen LogP contribution in [-0.4, -0.2) is 29.7 Å². The van der Waals surface area contributed by atoms with E-state index >= 15 is 0 Å². The summed E-state index contributed by atoms with van der Waals surface area (Å²) in [5.41, 5.74) is 2.87. The lowest BCUT2D eigenvalue weighted by atomic mass is 10.1. The van der Waals surface area contributed by atoms with Crippen LogP contribution in [0.2, 0.25) is 0 Å². The minimum atomic E-state index is -0.306. The zero-order valence-corrected chi connectivity index (χ0v) is 14.6. The van der Waals surface area contributed by atoms with Gasteiger partial charge in [-0.2, -0.15) is 0 Å². The first-order chi connectivity index (χ1) is 11.5. The maximum absolute atomic E-state index is 11.1. The third kappa shape index (κ3) is 4.83. The highest BCUT2D eigenvalue weighted by molar-refractivity contribution is 5.66. The molecule has 0 amide bonds. The number of rotatable bonds is 8. The van der Waals surface area contributed by atoms with Crippen molar-refractivity contribution in [3.63, 3.8) is 0 Å². The van der Waals surface area contributed by atoms with Gasteiger partial charge in [-0.15, -0.1) is 0 Å². The molecular formula is C18H24N2O4. The van der Waals surface area contributed by atoms with Crippen molar-refractivity contribution in [2.24, 2.45) is 0 Å². The Morgan fingerprint density at radius 2 is 2.17 bits per heavy atom. The maximum atomic E-state index is 11.1. The minimum Gasteiger partial charge on any atom is -0.493 e. The van der Waals surface area contributed by atoms with Crippen LogP contribution in [-0.2, 0) is 22.7 Å². The van der Waals surface area contributed by atoms with E-state index in [2.05, 4.69) is 17.0 Å². The fraction of sp³-hybridized carbons (Fsp3) is 0.444. The van der Waals surface area contributed by atoms with Crippen LogP contribution < -0.4 is 4.74 Å². The normalized spacial score (nSPS) is 12.2. The first-order valence-electron chi connectivity index (χ1n) is 7.99. The number of esters is 1. The molecule has 1 atom stereocenters. The molecule has 0 fully saturated rings. The summed E-state index contributed by atoms with van der Waals surface area (Å²) in [6.07, 6.45) is 1.58. The van der Waals surface area contributed by atoms with Crippen molar-refractivity contribution in [3.8, 4) is 5.75 Å². The Balaban J connectivity index is 2.11. The second-order valence-electron chi connectivity index (χ2n) is 5.67. The van der Waals surface area contributed by atoms with E-state index in [1.165, 1.54) is 6.92 Å². The van der Waals surface area contributed by atoms with E-state index in [-0.39, 0.29) is 18.6 Å². The molecular weight excluding hydrogens is 308 g/mol. The Morgan fingerprint density at radius 1 is 1.38 bits per heavy atom. The van der Waals surface area contributed by atoms with E-state index in [0.29, 0.717) is 6.61 Å². The number of aromatic nitrogens is 1. The molecule has 0 aliphatic heterocycles. The van der Waals surface area contributed by atoms with Crippen LogP contribution in [0.4, 0.5) is 0 Å². The zero-order chi connectivity index (χ0) is 17.5. The van der Waals surface area contributed by atoms with E-state index in [1.54, 1.807) is 6.26 Å². The van der Waals surface area contributed by atoms with Crippen molar-refractivity contribution < 1.29 is 18.8 Å². The molecule has 1 aromatic heterocycles. The van der Waals surface area contributed by atoms with E-state index in [9.17, 15) is 4.79 Å². The van der Waals surface area contributed by atoms with Crippen molar-refractivity contribution in [1.82, 2.24) is 10.1 Å². The Bertz CT molecular complexity index is 655. The summed E-state index contributed by atoms with van der Waals surface area (Å²) in [5.74, 6) is 0.439. The summed E-state index contributed by atoms with van der Waals surface area (Å²) in [6, 6.07) is 7.96. The van der Waals surface area contributed by atoms with Gasteiger partial charge in [0.05, 0.1) is 12.6 Å². The quantitative estimate of drug-likeness (QED) is 0.691. The van der Waals surface area contributed by atoms with Gasteiger partial charge in [0, 0.05) is 25.1 Å². The highest BCUT2D eigenvalue weighted by Gasteiger charge is 2.15. The molecule has 2 aromatic rings. The lowest BCUT2D eigenvalue weighted by Crippen LogP contribution is -2.22. The summed E-state index contributed by atoms with van der Waals surface area (Å²) in [4.78, 5) is 13.3. The molecule has 24 heavy (non-hydrogen) atoms. The van der Waals surface area contributed by atoms with Crippen molar-refractivity contribution in [1.29, 1.82) is 0 Å². The average Bonchev–Trinajstić information content (AvgIpc) is 3.08. The predicted octanol–water partition coefficient (Wildman–Crippen LogP) is 3.33. The van der Waals surface area contributed by atoms with Gasteiger partial charge in [0.15, 0.2) is 0 Å². The number of ether oxygens (including phenoxy) is 2. The maximum Gasteiger partial charge on any atom is 0.302 e. The van der Waals surface area contributed by atoms with Crippen LogP contribution in [0.3, 0.4) is 0 Å². The first-order valence-corrected chi connectivity index (χ1v) is 7.99. The largest absolute Gasteiger partial charge is 0.493 e. The van der Waals surface area contributed by atoms with Crippen LogP contribution in [0.5, 0.6) is 5.75 Å². The summed E-state index contributed by atoms with van der Waals surface area (Å²) in [6.45, 7) is 6.91. The van der Waals surface area contributed by atoms with Crippen LogP contribution in [0, 0.1) is 0 Å². The van der Waals surface area contributed by atoms with Gasteiger partial charge in [0.25, 0.3) is 0 Å². The third-order valence-electron chi connectivity index (χ3n) is 3.83. The predicted molar refractivity (Wildman–Crippen MR) is 89.5 cm³/mol. The molecule has 0 saturated carbocycles. The molecule has 0 saturated heterocycles. The van der Waals surface area contributed by atoms with Gasteiger partial charge in [0.2, 0.25) is 0 Å². The third-order valence-corrected chi connectivity index (χ3v) is 3.83. The zero-order valence-electron chi connectivity index (χ0n) is 14.6. The van der Waals surface area contributed by atoms with Crippen LogP contribution in [0.25, 0.3) is 0 Å². The van der Waals surface area contributed by atoms with Gasteiger partial charge in [0.1, 0.15) is 24.3 Å². The topological polar surface area (TPSA) is 64.8 Å². The fourth-order valence-electron chi connectivity index (χ4n) is 2.41. The molecule has 0 aliphatic carbocycles. The smallest absolute Gasteiger partial charge is 0.302 e. The first kappa shape index (κ1) is 18.0. The van der Waals surface area contributed by atoms with Gasteiger partial charge >= 0.3 is 5.97 Å². The monoisotopic (exact) mass is 332 g/mol. The lowest BCUT2D eigenvalue weighted by Gasteiger charge is -2.23. The second-order valence-corrected chi connectivity index (χ2v) is 5.67. The van der Waals surface area contributed by atoms with Crippen molar-refractivity contribution in [2.45, 2.75) is 40.0 Å². The van der Waals surface area contributed by atoms with Gasteiger partial charge < -0.3 is 14.0 Å². The van der Waals surface area contributed by atoms with Crippen LogP contribution in [0.1, 0.15) is 43.6 Å². The molecule has 2 rings (SSSR count). The number of benzene rings is 1. The van der Waals surface area contributed by atoms with Gasteiger partial charge in [-0.3, -0.25) is 9.69 Å². The summed E-state index contributed by atoms with van der Waals surface area (Å²) in [5, 5.41) is 3.99.